The molecule has 1 fully saturated rings. The van der Waals surface area contributed by atoms with Crippen molar-refractivity contribution in [1.82, 2.24) is 15.2 Å². The molecule has 0 spiro atoms. The molecule has 1 aliphatic rings. The molecule has 132 valence electrons. The van der Waals surface area contributed by atoms with E-state index in [9.17, 15) is 9.18 Å². The van der Waals surface area contributed by atoms with E-state index in [0.29, 0.717) is 5.56 Å². The third-order valence-electron chi connectivity index (χ3n) is 4.45. The Hall–Kier alpha value is -2.47. The van der Waals surface area contributed by atoms with Crippen molar-refractivity contribution in [1.29, 1.82) is 0 Å². The van der Waals surface area contributed by atoms with Crippen molar-refractivity contribution in [2.24, 2.45) is 0 Å². The lowest BCUT2D eigenvalue weighted by molar-refractivity contribution is 0.0720. The van der Waals surface area contributed by atoms with Crippen LogP contribution in [0, 0.1) is 5.82 Å². The summed E-state index contributed by atoms with van der Waals surface area (Å²) in [6, 6.07) is 9.62. The first-order valence-electron chi connectivity index (χ1n) is 8.51. The molecule has 25 heavy (non-hydrogen) atoms. The normalized spacial score (nSPS) is 17.6. The van der Waals surface area contributed by atoms with Gasteiger partial charge in [-0.3, -0.25) is 4.79 Å². The summed E-state index contributed by atoms with van der Waals surface area (Å²) in [4.78, 5) is 18.6. The van der Waals surface area contributed by atoms with Crippen molar-refractivity contribution in [3.63, 3.8) is 0 Å². The molecule has 5 nitrogen and oxygen atoms in total. The summed E-state index contributed by atoms with van der Waals surface area (Å²) in [5.74, 6) is -0.150. The van der Waals surface area contributed by atoms with Crippen molar-refractivity contribution in [2.75, 3.05) is 20.1 Å². The number of pyridine rings is 1. The van der Waals surface area contributed by atoms with Crippen LogP contribution in [0.5, 0.6) is 11.6 Å². The molecule has 0 bridgehead atoms. The monoisotopic (exact) mass is 343 g/mol. The van der Waals surface area contributed by atoms with Gasteiger partial charge in [0.15, 0.2) is 11.6 Å². The zero-order chi connectivity index (χ0) is 17.6. The van der Waals surface area contributed by atoms with Crippen LogP contribution < -0.4 is 10.1 Å². The summed E-state index contributed by atoms with van der Waals surface area (Å²) in [6.07, 6.45) is 4.49. The Balaban J connectivity index is 1.66. The molecule has 2 heterocycles. The van der Waals surface area contributed by atoms with Crippen molar-refractivity contribution < 1.29 is 13.9 Å². The number of amides is 1. The fraction of sp³-hybridized carbons (Fsp3) is 0.368. The van der Waals surface area contributed by atoms with Crippen molar-refractivity contribution in [3.8, 4) is 11.6 Å². The highest BCUT2D eigenvalue weighted by Crippen LogP contribution is 2.23. The quantitative estimate of drug-likeness (QED) is 0.926. The van der Waals surface area contributed by atoms with Crippen LogP contribution in [-0.2, 0) is 0 Å². The topological polar surface area (TPSA) is 54.5 Å². The Bertz CT molecular complexity index is 713. The molecule has 3 rings (SSSR count). The second-order valence-corrected chi connectivity index (χ2v) is 6.17. The maximum absolute atomic E-state index is 13.6. The lowest BCUT2D eigenvalue weighted by atomic mass is 10.1. The third kappa shape index (κ3) is 4.33. The number of carbonyl (C=O) groups excluding carboxylic acids is 1. The number of carbonyl (C=O) groups is 1. The number of rotatable bonds is 4. The molecule has 1 amide bonds. The highest BCUT2D eigenvalue weighted by molar-refractivity contribution is 5.94. The van der Waals surface area contributed by atoms with E-state index in [-0.39, 0.29) is 23.6 Å². The average molecular weight is 343 g/mol. The van der Waals surface area contributed by atoms with Gasteiger partial charge in [-0.2, -0.15) is 0 Å². The molecule has 0 saturated carbocycles. The Morgan fingerprint density at radius 1 is 1.24 bits per heavy atom. The van der Waals surface area contributed by atoms with Gasteiger partial charge in [0.05, 0.1) is 5.56 Å². The Morgan fingerprint density at radius 3 is 2.84 bits per heavy atom. The van der Waals surface area contributed by atoms with Gasteiger partial charge in [0.2, 0.25) is 5.88 Å². The molecule has 0 aliphatic carbocycles. The van der Waals surface area contributed by atoms with Gasteiger partial charge in [0, 0.05) is 25.4 Å². The lowest BCUT2D eigenvalue weighted by Crippen LogP contribution is -2.37. The largest absolute Gasteiger partial charge is 0.436 e. The Kier molecular flexibility index (Phi) is 5.60. The number of nitrogens with zero attached hydrogens (tertiary/aromatic N) is 2. The first-order chi connectivity index (χ1) is 12.1. The van der Waals surface area contributed by atoms with E-state index >= 15 is 0 Å². The van der Waals surface area contributed by atoms with E-state index in [1.54, 1.807) is 29.2 Å². The standard InChI is InChI=1S/C19H22FN3O2/c1-23(15-5-4-11-21-12-10-15)19(24)14-8-9-18(22-13-14)25-17-7-3-2-6-16(17)20/h2-3,6-9,13,15,21H,4-5,10-12H2,1H3. The van der Waals surface area contributed by atoms with E-state index in [1.165, 1.54) is 18.3 Å². The number of para-hydroxylation sites is 1. The van der Waals surface area contributed by atoms with Crippen molar-refractivity contribution in [3.05, 3.63) is 54.0 Å². The molecule has 6 heteroatoms. The summed E-state index contributed by atoms with van der Waals surface area (Å²) in [6.45, 7) is 1.93. The molecule has 1 aliphatic heterocycles. The first-order valence-corrected chi connectivity index (χ1v) is 8.51. The number of nitrogens with one attached hydrogen (secondary N) is 1. The number of hydrogen-bond donors (Lipinski definition) is 1. The Morgan fingerprint density at radius 2 is 2.08 bits per heavy atom. The predicted molar refractivity (Wildman–Crippen MR) is 93.3 cm³/mol. The van der Waals surface area contributed by atoms with Gasteiger partial charge in [-0.1, -0.05) is 12.1 Å². The zero-order valence-electron chi connectivity index (χ0n) is 14.2. The van der Waals surface area contributed by atoms with E-state index in [2.05, 4.69) is 10.3 Å². The van der Waals surface area contributed by atoms with E-state index in [1.807, 2.05) is 7.05 Å². The number of benzene rings is 1. The van der Waals surface area contributed by atoms with Crippen LogP contribution in [0.2, 0.25) is 0 Å². The van der Waals surface area contributed by atoms with Crippen molar-refractivity contribution in [2.45, 2.75) is 25.3 Å². The van der Waals surface area contributed by atoms with Gasteiger partial charge < -0.3 is 15.0 Å². The number of hydrogen-bond acceptors (Lipinski definition) is 4. The summed E-state index contributed by atoms with van der Waals surface area (Å²) in [7, 11) is 1.84. The number of ether oxygens (including phenoxy) is 1. The summed E-state index contributed by atoms with van der Waals surface area (Å²) in [5.41, 5.74) is 0.501. The fourth-order valence-corrected chi connectivity index (χ4v) is 2.96. The minimum Gasteiger partial charge on any atom is -0.436 e. The second kappa shape index (κ2) is 8.07. The minimum atomic E-state index is -0.453. The SMILES string of the molecule is CN(C(=O)c1ccc(Oc2ccccc2F)nc1)C1CCCNCC1. The molecule has 0 radical (unpaired) electrons. The van der Waals surface area contributed by atoms with Crippen LogP contribution in [-0.4, -0.2) is 42.0 Å². The third-order valence-corrected chi connectivity index (χ3v) is 4.45. The van der Waals surface area contributed by atoms with Gasteiger partial charge in [-0.25, -0.2) is 9.37 Å². The zero-order valence-corrected chi connectivity index (χ0v) is 14.2. The predicted octanol–water partition coefficient (Wildman–Crippen LogP) is 3.23. The van der Waals surface area contributed by atoms with Gasteiger partial charge in [0.1, 0.15) is 0 Å². The van der Waals surface area contributed by atoms with E-state index in [0.717, 1.165) is 32.4 Å². The first kappa shape index (κ1) is 17.4. The highest BCUT2D eigenvalue weighted by Gasteiger charge is 2.22. The second-order valence-electron chi connectivity index (χ2n) is 6.17. The van der Waals surface area contributed by atoms with Crippen LogP contribution in [0.15, 0.2) is 42.6 Å². The maximum Gasteiger partial charge on any atom is 0.255 e. The van der Waals surface area contributed by atoms with Crippen molar-refractivity contribution >= 4 is 5.91 Å². The van der Waals surface area contributed by atoms with E-state index < -0.39 is 5.82 Å². The minimum absolute atomic E-state index is 0.0585. The van der Waals surface area contributed by atoms with Crippen LogP contribution in [0.3, 0.4) is 0 Å². The summed E-state index contributed by atoms with van der Waals surface area (Å²) >= 11 is 0. The fourth-order valence-electron chi connectivity index (χ4n) is 2.96. The smallest absolute Gasteiger partial charge is 0.255 e. The molecular formula is C19H22FN3O2. The van der Waals surface area contributed by atoms with Crippen LogP contribution >= 0.6 is 0 Å². The molecular weight excluding hydrogens is 321 g/mol. The van der Waals surface area contributed by atoms with E-state index in [4.69, 9.17) is 4.74 Å². The molecule has 1 atom stereocenters. The number of aromatic nitrogens is 1. The molecule has 1 saturated heterocycles. The van der Waals surface area contributed by atoms with Gasteiger partial charge in [-0.05, 0) is 50.6 Å². The molecule has 1 aromatic carbocycles. The molecule has 1 unspecified atom stereocenters. The summed E-state index contributed by atoms with van der Waals surface area (Å²) < 4.78 is 19.0. The average Bonchev–Trinajstić information content (AvgIpc) is 2.92. The maximum atomic E-state index is 13.6. The molecule has 1 aromatic heterocycles. The van der Waals surface area contributed by atoms with Gasteiger partial charge in [-0.15, -0.1) is 0 Å². The van der Waals surface area contributed by atoms with Gasteiger partial charge in [0.25, 0.3) is 5.91 Å². The van der Waals surface area contributed by atoms with Gasteiger partial charge >= 0.3 is 0 Å². The summed E-state index contributed by atoms with van der Waals surface area (Å²) in [5, 5.41) is 3.35. The number of halogens is 1. The van der Waals surface area contributed by atoms with Crippen LogP contribution in [0.25, 0.3) is 0 Å². The molecule has 2 aromatic rings. The van der Waals surface area contributed by atoms with Crippen LogP contribution in [0.4, 0.5) is 4.39 Å². The lowest BCUT2D eigenvalue weighted by Gasteiger charge is -2.27. The highest BCUT2D eigenvalue weighted by atomic mass is 19.1. The van der Waals surface area contributed by atoms with Crippen LogP contribution in [0.1, 0.15) is 29.6 Å². The molecule has 1 N–H and O–H groups in total. The Labute approximate surface area is 146 Å².